The van der Waals surface area contributed by atoms with Crippen LogP contribution in [0.1, 0.15) is 22.8 Å². The highest BCUT2D eigenvalue weighted by Gasteiger charge is 2.38. The second-order valence-electron chi connectivity index (χ2n) is 5.25. The van der Waals surface area contributed by atoms with Crippen LogP contribution in [0.25, 0.3) is 0 Å². The van der Waals surface area contributed by atoms with E-state index in [9.17, 15) is 9.59 Å². The van der Waals surface area contributed by atoms with Crippen LogP contribution >= 0.6 is 15.9 Å². The Balaban J connectivity index is 2.35. The summed E-state index contributed by atoms with van der Waals surface area (Å²) in [5, 5.41) is 0. The van der Waals surface area contributed by atoms with Crippen molar-refractivity contribution in [3.8, 4) is 5.75 Å². The first-order chi connectivity index (χ1) is 11.4. The number of rotatable bonds is 2. The molecule has 2 N–H and O–H groups in total. The maximum Gasteiger partial charge on any atom is 0.343 e. The lowest BCUT2D eigenvalue weighted by molar-refractivity contribution is -0.136. The van der Waals surface area contributed by atoms with Gasteiger partial charge in [0.15, 0.2) is 0 Å². The van der Waals surface area contributed by atoms with E-state index in [1.165, 1.54) is 7.11 Å². The molecular formula is C17H14BrNO5. The number of esters is 1. The van der Waals surface area contributed by atoms with Gasteiger partial charge >= 0.3 is 11.6 Å². The summed E-state index contributed by atoms with van der Waals surface area (Å²) in [5.41, 5.74) is 6.33. The lowest BCUT2D eigenvalue weighted by atomic mass is 9.84. The summed E-state index contributed by atoms with van der Waals surface area (Å²) >= 11 is 3.45. The molecule has 1 aliphatic heterocycles. The zero-order chi connectivity index (χ0) is 17.4. The molecule has 3 rings (SSSR count). The molecular weight excluding hydrogens is 378 g/mol. The van der Waals surface area contributed by atoms with Gasteiger partial charge in [-0.05, 0) is 18.6 Å². The summed E-state index contributed by atoms with van der Waals surface area (Å²) < 4.78 is 16.2. The van der Waals surface area contributed by atoms with Crippen LogP contribution in [0.3, 0.4) is 0 Å². The van der Waals surface area contributed by atoms with E-state index in [-0.39, 0.29) is 22.8 Å². The number of hydrogen-bond donors (Lipinski definition) is 1. The van der Waals surface area contributed by atoms with Crippen LogP contribution in [0, 0.1) is 6.92 Å². The lowest BCUT2D eigenvalue weighted by Gasteiger charge is -2.27. The number of methoxy groups -OCH3 is 1. The number of ether oxygens (including phenoxy) is 2. The van der Waals surface area contributed by atoms with Crippen molar-refractivity contribution in [1.82, 2.24) is 0 Å². The molecule has 0 saturated heterocycles. The summed E-state index contributed by atoms with van der Waals surface area (Å²) in [6.07, 6.45) is 0. The van der Waals surface area contributed by atoms with Crippen molar-refractivity contribution in [3.05, 3.63) is 73.6 Å². The van der Waals surface area contributed by atoms with Crippen LogP contribution < -0.4 is 16.1 Å². The topological polar surface area (TPSA) is 91.8 Å². The van der Waals surface area contributed by atoms with Crippen LogP contribution in [-0.2, 0) is 9.53 Å². The molecule has 2 aromatic rings. The van der Waals surface area contributed by atoms with Gasteiger partial charge in [-0.2, -0.15) is 0 Å². The summed E-state index contributed by atoms with van der Waals surface area (Å²) in [4.78, 5) is 24.7. The summed E-state index contributed by atoms with van der Waals surface area (Å²) in [6, 6.07) is 8.80. The minimum absolute atomic E-state index is 0.0630. The van der Waals surface area contributed by atoms with E-state index >= 15 is 0 Å². The zero-order valence-electron chi connectivity index (χ0n) is 13.0. The molecule has 24 heavy (non-hydrogen) atoms. The van der Waals surface area contributed by atoms with Gasteiger partial charge in [-0.1, -0.05) is 34.1 Å². The predicted octanol–water partition coefficient (Wildman–Crippen LogP) is 2.58. The van der Waals surface area contributed by atoms with Crippen LogP contribution in [0.5, 0.6) is 5.75 Å². The molecule has 0 fully saturated rings. The fourth-order valence-electron chi connectivity index (χ4n) is 2.75. The molecule has 0 aliphatic carbocycles. The van der Waals surface area contributed by atoms with Gasteiger partial charge in [0.05, 0.1) is 18.6 Å². The molecule has 0 saturated carbocycles. The zero-order valence-corrected chi connectivity index (χ0v) is 14.5. The van der Waals surface area contributed by atoms with Crippen LogP contribution in [0.2, 0.25) is 0 Å². The molecule has 0 bridgehead atoms. The standard InChI is InChI=1S/C17H14BrNO5/c1-8-7-11-13(17(21)23-8)12(9-5-3-4-6-10(9)18)14(15(19)24-11)16(20)22-2/h3-7,12H,19H2,1-2H3/t12-/m0/s1. The normalized spacial score (nSPS) is 16.4. The Bertz CT molecular complexity index is 915. The smallest absolute Gasteiger partial charge is 0.343 e. The first-order valence-corrected chi connectivity index (χ1v) is 7.88. The maximum atomic E-state index is 12.5. The number of nitrogens with two attached hydrogens (primary N) is 1. The first-order valence-electron chi connectivity index (χ1n) is 7.09. The molecule has 2 heterocycles. The van der Waals surface area contributed by atoms with Crippen molar-refractivity contribution in [2.24, 2.45) is 5.73 Å². The Labute approximate surface area is 146 Å². The molecule has 1 aliphatic rings. The van der Waals surface area contributed by atoms with Gasteiger partial charge in [-0.25, -0.2) is 9.59 Å². The molecule has 7 heteroatoms. The predicted molar refractivity (Wildman–Crippen MR) is 89.6 cm³/mol. The molecule has 0 spiro atoms. The van der Waals surface area contributed by atoms with E-state index in [4.69, 9.17) is 19.6 Å². The Hall–Kier alpha value is -2.54. The average Bonchev–Trinajstić information content (AvgIpc) is 2.53. The maximum absolute atomic E-state index is 12.5. The van der Waals surface area contributed by atoms with Gasteiger partial charge in [-0.3, -0.25) is 0 Å². The fourth-order valence-corrected chi connectivity index (χ4v) is 3.26. The van der Waals surface area contributed by atoms with Crippen molar-refractivity contribution in [2.75, 3.05) is 7.11 Å². The van der Waals surface area contributed by atoms with Crippen molar-refractivity contribution >= 4 is 21.9 Å². The van der Waals surface area contributed by atoms with Crippen molar-refractivity contribution in [2.45, 2.75) is 12.8 Å². The van der Waals surface area contributed by atoms with E-state index in [2.05, 4.69) is 15.9 Å². The Morgan fingerprint density at radius 3 is 2.71 bits per heavy atom. The van der Waals surface area contributed by atoms with E-state index in [1.54, 1.807) is 25.1 Å². The summed E-state index contributed by atoms with van der Waals surface area (Å²) in [5.74, 6) is -0.860. The molecule has 6 nitrogen and oxygen atoms in total. The highest BCUT2D eigenvalue weighted by molar-refractivity contribution is 9.10. The third-order valence-electron chi connectivity index (χ3n) is 3.76. The minimum Gasteiger partial charge on any atom is -0.465 e. The van der Waals surface area contributed by atoms with Crippen LogP contribution in [0.4, 0.5) is 0 Å². The fraction of sp³-hybridized carbons (Fsp3) is 0.176. The highest BCUT2D eigenvalue weighted by Crippen LogP contribution is 2.43. The number of carbonyl (C=O) groups is 1. The third kappa shape index (κ3) is 2.60. The van der Waals surface area contributed by atoms with E-state index in [0.29, 0.717) is 11.3 Å². The number of aryl methyl sites for hydroxylation is 1. The Kier molecular flexibility index (Phi) is 4.19. The SMILES string of the molecule is COC(=O)C1=C(N)Oc2cc(C)oc(=O)c2[C@@H]1c1ccccc1Br. The Morgan fingerprint density at radius 1 is 1.33 bits per heavy atom. The Morgan fingerprint density at radius 2 is 2.04 bits per heavy atom. The highest BCUT2D eigenvalue weighted by atomic mass is 79.9. The number of fused-ring (bicyclic) bond motifs is 1. The quantitative estimate of drug-likeness (QED) is 0.790. The van der Waals surface area contributed by atoms with Gasteiger partial charge in [0, 0.05) is 10.5 Å². The molecule has 0 amide bonds. The molecule has 1 aromatic heterocycles. The largest absolute Gasteiger partial charge is 0.465 e. The number of carbonyl (C=O) groups excluding carboxylic acids is 1. The van der Waals surface area contributed by atoms with Gasteiger partial charge in [0.25, 0.3) is 0 Å². The second-order valence-corrected chi connectivity index (χ2v) is 6.10. The minimum atomic E-state index is -0.756. The number of halogens is 1. The first kappa shape index (κ1) is 16.3. The average molecular weight is 392 g/mol. The van der Waals surface area contributed by atoms with Gasteiger partial charge in [0.2, 0.25) is 5.88 Å². The van der Waals surface area contributed by atoms with Gasteiger partial charge < -0.3 is 19.6 Å². The van der Waals surface area contributed by atoms with Crippen molar-refractivity contribution in [3.63, 3.8) is 0 Å². The van der Waals surface area contributed by atoms with Gasteiger partial charge in [0.1, 0.15) is 17.1 Å². The van der Waals surface area contributed by atoms with Crippen LogP contribution in [-0.4, -0.2) is 13.1 Å². The molecule has 1 atom stereocenters. The monoisotopic (exact) mass is 391 g/mol. The third-order valence-corrected chi connectivity index (χ3v) is 4.48. The lowest BCUT2D eigenvalue weighted by Crippen LogP contribution is -2.30. The second kappa shape index (κ2) is 6.16. The summed E-state index contributed by atoms with van der Waals surface area (Å²) in [6.45, 7) is 1.63. The number of benzene rings is 1. The molecule has 0 radical (unpaired) electrons. The molecule has 124 valence electrons. The van der Waals surface area contributed by atoms with Crippen molar-refractivity contribution < 1.29 is 18.7 Å². The van der Waals surface area contributed by atoms with E-state index < -0.39 is 17.5 Å². The molecule has 1 aromatic carbocycles. The molecule has 0 unspecified atom stereocenters. The van der Waals surface area contributed by atoms with E-state index in [1.807, 2.05) is 12.1 Å². The number of hydrogen-bond acceptors (Lipinski definition) is 6. The van der Waals surface area contributed by atoms with Crippen LogP contribution in [0.15, 0.2) is 55.5 Å². The van der Waals surface area contributed by atoms with E-state index in [0.717, 1.165) is 4.47 Å². The summed E-state index contributed by atoms with van der Waals surface area (Å²) in [7, 11) is 1.24. The van der Waals surface area contributed by atoms with Crippen molar-refractivity contribution in [1.29, 1.82) is 0 Å². The van der Waals surface area contributed by atoms with Gasteiger partial charge in [-0.15, -0.1) is 0 Å².